The summed E-state index contributed by atoms with van der Waals surface area (Å²) in [4.78, 5) is 15.4. The first kappa shape index (κ1) is 12.4. The fourth-order valence-electron chi connectivity index (χ4n) is 2.43. The Kier molecular flexibility index (Phi) is 2.93. The van der Waals surface area contributed by atoms with Crippen LogP contribution >= 0.6 is 15.9 Å². The number of hydrogen-bond donors (Lipinski definition) is 2. The summed E-state index contributed by atoms with van der Waals surface area (Å²) in [6.45, 7) is 0.492. The van der Waals surface area contributed by atoms with Crippen LogP contribution in [0.4, 0.5) is 10.3 Å². The van der Waals surface area contributed by atoms with E-state index in [9.17, 15) is 9.18 Å². The zero-order valence-electron chi connectivity index (χ0n) is 9.99. The Morgan fingerprint density at radius 3 is 3.00 bits per heavy atom. The van der Waals surface area contributed by atoms with Gasteiger partial charge in [0.05, 0.1) is 21.5 Å². The normalized spacial score (nSPS) is 19.7. The minimum Gasteiger partial charge on any atom is -0.369 e. The Morgan fingerprint density at radius 2 is 2.32 bits per heavy atom. The number of aromatic nitrogens is 2. The first-order chi connectivity index (χ1) is 9.06. The molecule has 5 nitrogen and oxygen atoms in total. The van der Waals surface area contributed by atoms with Crippen LogP contribution in [0, 0.1) is 5.82 Å². The maximum Gasteiger partial charge on any atom is 0.220 e. The van der Waals surface area contributed by atoms with E-state index in [2.05, 4.69) is 26.2 Å². The average molecular weight is 327 g/mol. The molecular weight excluding hydrogens is 315 g/mol. The molecule has 1 saturated heterocycles. The summed E-state index contributed by atoms with van der Waals surface area (Å²) in [7, 11) is 0. The molecule has 100 valence electrons. The largest absolute Gasteiger partial charge is 0.369 e. The van der Waals surface area contributed by atoms with E-state index in [-0.39, 0.29) is 17.8 Å². The van der Waals surface area contributed by atoms with Crippen molar-refractivity contribution in [1.29, 1.82) is 0 Å². The van der Waals surface area contributed by atoms with Crippen LogP contribution in [0.15, 0.2) is 16.6 Å². The summed E-state index contributed by atoms with van der Waals surface area (Å²) >= 11 is 3.13. The number of hydrogen-bond acceptors (Lipinski definition) is 3. The van der Waals surface area contributed by atoms with E-state index < -0.39 is 0 Å². The molecule has 1 fully saturated rings. The summed E-state index contributed by atoms with van der Waals surface area (Å²) in [6.07, 6.45) is 1.13. The van der Waals surface area contributed by atoms with Gasteiger partial charge in [0.25, 0.3) is 0 Å². The van der Waals surface area contributed by atoms with Gasteiger partial charge in [0.1, 0.15) is 5.82 Å². The van der Waals surface area contributed by atoms with E-state index in [4.69, 9.17) is 5.73 Å². The molecule has 7 heteroatoms. The molecule has 0 spiro atoms. The van der Waals surface area contributed by atoms with Crippen molar-refractivity contribution in [3.8, 4) is 0 Å². The molecule has 1 atom stereocenters. The third kappa shape index (κ3) is 2.07. The highest BCUT2D eigenvalue weighted by Crippen LogP contribution is 2.30. The average Bonchev–Trinajstić information content (AvgIpc) is 2.67. The molecule has 2 aromatic rings. The van der Waals surface area contributed by atoms with Gasteiger partial charge in [-0.25, -0.2) is 9.37 Å². The Labute approximate surface area is 117 Å². The van der Waals surface area contributed by atoms with Gasteiger partial charge in [-0.05, 0) is 28.4 Å². The summed E-state index contributed by atoms with van der Waals surface area (Å²) in [5.41, 5.74) is 7.21. The number of rotatable bonds is 1. The Morgan fingerprint density at radius 1 is 1.53 bits per heavy atom. The summed E-state index contributed by atoms with van der Waals surface area (Å²) < 4.78 is 15.8. The summed E-state index contributed by atoms with van der Waals surface area (Å²) in [6, 6.07) is 3.04. The Bertz CT molecular complexity index is 659. The number of anilines is 1. The molecule has 1 aromatic carbocycles. The number of carbonyl (C=O) groups excluding carboxylic acids is 1. The molecule has 2 heterocycles. The van der Waals surface area contributed by atoms with Crippen LogP contribution in [0.1, 0.15) is 18.9 Å². The second-order valence-corrected chi connectivity index (χ2v) is 5.45. The quantitative estimate of drug-likeness (QED) is 0.841. The molecule has 1 aliphatic heterocycles. The van der Waals surface area contributed by atoms with Gasteiger partial charge in [0.2, 0.25) is 11.9 Å². The number of nitrogens with two attached hydrogens (primary N) is 1. The number of piperidine rings is 1. The van der Waals surface area contributed by atoms with Gasteiger partial charge in [0.15, 0.2) is 0 Å². The second-order valence-electron chi connectivity index (χ2n) is 4.59. The van der Waals surface area contributed by atoms with Crippen LogP contribution in [0.5, 0.6) is 0 Å². The number of carbonyl (C=O) groups is 1. The van der Waals surface area contributed by atoms with Crippen molar-refractivity contribution in [2.24, 2.45) is 0 Å². The first-order valence-electron chi connectivity index (χ1n) is 5.95. The molecule has 1 aromatic heterocycles. The molecule has 1 amide bonds. The Balaban J connectivity index is 2.10. The number of nitrogen functional groups attached to an aromatic ring is 1. The van der Waals surface area contributed by atoms with Crippen LogP contribution in [0.25, 0.3) is 11.0 Å². The lowest BCUT2D eigenvalue weighted by atomic mass is 10.1. The topological polar surface area (TPSA) is 72.9 Å². The van der Waals surface area contributed by atoms with Gasteiger partial charge < -0.3 is 15.6 Å². The van der Waals surface area contributed by atoms with Crippen molar-refractivity contribution in [3.05, 3.63) is 22.4 Å². The van der Waals surface area contributed by atoms with Gasteiger partial charge in [-0.1, -0.05) is 0 Å². The third-order valence-electron chi connectivity index (χ3n) is 3.36. The predicted octanol–water partition coefficient (Wildman–Crippen LogP) is 1.97. The van der Waals surface area contributed by atoms with E-state index in [1.54, 1.807) is 10.6 Å². The fourth-order valence-corrected chi connectivity index (χ4v) is 2.76. The molecule has 1 unspecified atom stereocenters. The smallest absolute Gasteiger partial charge is 0.220 e. The minimum absolute atomic E-state index is 0.0169. The lowest BCUT2D eigenvalue weighted by Gasteiger charge is -2.25. The van der Waals surface area contributed by atoms with Crippen molar-refractivity contribution in [3.63, 3.8) is 0 Å². The fraction of sp³-hybridized carbons (Fsp3) is 0.333. The standard InChI is InChI=1S/C12H12BrFN4O/c13-7-3-9-10(4-8(7)14)18(12(15)17-9)6-1-2-11(19)16-5-6/h3-4,6H,1-2,5H2,(H2,15,17)(H,16,19). The molecule has 0 bridgehead atoms. The molecule has 1 aliphatic rings. The van der Waals surface area contributed by atoms with Crippen LogP contribution in [-0.2, 0) is 4.79 Å². The SMILES string of the molecule is Nc1nc2cc(Br)c(F)cc2n1C1CCC(=O)NC1. The van der Waals surface area contributed by atoms with Gasteiger partial charge in [-0.2, -0.15) is 0 Å². The van der Waals surface area contributed by atoms with Gasteiger partial charge in [-0.15, -0.1) is 0 Å². The highest BCUT2D eigenvalue weighted by Gasteiger charge is 2.23. The van der Waals surface area contributed by atoms with E-state index in [1.165, 1.54) is 6.07 Å². The van der Waals surface area contributed by atoms with Crippen molar-refractivity contribution < 1.29 is 9.18 Å². The minimum atomic E-state index is -0.353. The summed E-state index contributed by atoms with van der Waals surface area (Å²) in [5.74, 6) is 0.0234. The number of amides is 1. The van der Waals surface area contributed by atoms with Crippen molar-refractivity contribution in [1.82, 2.24) is 14.9 Å². The first-order valence-corrected chi connectivity index (χ1v) is 6.74. The zero-order chi connectivity index (χ0) is 13.6. The van der Waals surface area contributed by atoms with E-state index in [0.717, 1.165) is 0 Å². The number of halogens is 2. The number of fused-ring (bicyclic) bond motifs is 1. The molecular formula is C12H12BrFN4O. The van der Waals surface area contributed by atoms with E-state index in [0.29, 0.717) is 40.8 Å². The molecule has 19 heavy (non-hydrogen) atoms. The number of nitrogens with zero attached hydrogens (tertiary/aromatic N) is 2. The van der Waals surface area contributed by atoms with Gasteiger partial charge >= 0.3 is 0 Å². The number of imidazole rings is 1. The second kappa shape index (κ2) is 4.48. The van der Waals surface area contributed by atoms with Gasteiger partial charge in [0, 0.05) is 19.0 Å². The predicted molar refractivity (Wildman–Crippen MR) is 73.1 cm³/mol. The molecule has 0 saturated carbocycles. The third-order valence-corrected chi connectivity index (χ3v) is 3.97. The van der Waals surface area contributed by atoms with Crippen LogP contribution in [0.3, 0.4) is 0 Å². The summed E-state index contributed by atoms with van der Waals surface area (Å²) in [5, 5.41) is 2.79. The highest BCUT2D eigenvalue weighted by molar-refractivity contribution is 9.10. The Hall–Kier alpha value is -1.63. The number of nitrogens with one attached hydrogen (secondary N) is 1. The lowest BCUT2D eigenvalue weighted by Crippen LogP contribution is -2.36. The van der Waals surface area contributed by atoms with Crippen LogP contribution in [0.2, 0.25) is 0 Å². The van der Waals surface area contributed by atoms with Crippen molar-refractivity contribution >= 4 is 38.8 Å². The number of benzene rings is 1. The maximum atomic E-state index is 13.7. The van der Waals surface area contributed by atoms with Crippen molar-refractivity contribution in [2.75, 3.05) is 12.3 Å². The van der Waals surface area contributed by atoms with E-state index in [1.807, 2.05) is 0 Å². The van der Waals surface area contributed by atoms with Gasteiger partial charge in [-0.3, -0.25) is 4.79 Å². The molecule has 0 radical (unpaired) electrons. The highest BCUT2D eigenvalue weighted by atomic mass is 79.9. The maximum absolute atomic E-state index is 13.7. The van der Waals surface area contributed by atoms with Crippen LogP contribution in [-0.4, -0.2) is 22.0 Å². The van der Waals surface area contributed by atoms with Crippen molar-refractivity contribution in [2.45, 2.75) is 18.9 Å². The lowest BCUT2D eigenvalue weighted by molar-refractivity contribution is -0.122. The zero-order valence-corrected chi connectivity index (χ0v) is 11.6. The van der Waals surface area contributed by atoms with Crippen LogP contribution < -0.4 is 11.1 Å². The monoisotopic (exact) mass is 326 g/mol. The van der Waals surface area contributed by atoms with E-state index >= 15 is 0 Å². The molecule has 3 rings (SSSR count). The molecule has 3 N–H and O–H groups in total. The molecule has 0 aliphatic carbocycles.